The van der Waals surface area contributed by atoms with Gasteiger partial charge in [-0.3, -0.25) is 4.79 Å². The van der Waals surface area contributed by atoms with Crippen LogP contribution in [0.15, 0.2) is 27.8 Å². The van der Waals surface area contributed by atoms with Crippen molar-refractivity contribution < 1.29 is 17.4 Å². The molecule has 0 aliphatic rings. The Balaban J connectivity index is 3.05. The Labute approximate surface area is 89.4 Å². The second kappa shape index (κ2) is 4.05. The topological polar surface area (TPSA) is 73.3 Å². The Morgan fingerprint density at radius 3 is 2.57 bits per heavy atom. The third kappa shape index (κ3) is 2.78. The SMILES string of the molecule is CC(=O)OS(=O)(=O)c1ccc(Br)nc1. The van der Waals surface area contributed by atoms with E-state index in [1.807, 2.05) is 0 Å². The maximum Gasteiger partial charge on any atom is 0.343 e. The minimum absolute atomic E-state index is 0.157. The number of carbonyl (C=O) groups is 1. The summed E-state index contributed by atoms with van der Waals surface area (Å²) in [5, 5.41) is 0. The summed E-state index contributed by atoms with van der Waals surface area (Å²) in [6.45, 7) is 1.02. The van der Waals surface area contributed by atoms with Gasteiger partial charge in [0.15, 0.2) is 0 Å². The number of halogens is 1. The largest absolute Gasteiger partial charge is 0.343 e. The van der Waals surface area contributed by atoms with E-state index in [1.54, 1.807) is 0 Å². The van der Waals surface area contributed by atoms with Crippen LogP contribution in [0.4, 0.5) is 0 Å². The monoisotopic (exact) mass is 279 g/mol. The van der Waals surface area contributed by atoms with Crippen LogP contribution in [0.1, 0.15) is 6.92 Å². The van der Waals surface area contributed by atoms with Crippen molar-refractivity contribution in [1.29, 1.82) is 0 Å². The van der Waals surface area contributed by atoms with Crippen molar-refractivity contribution in [2.45, 2.75) is 11.8 Å². The Bertz CT molecular complexity index is 439. The lowest BCUT2D eigenvalue weighted by molar-refractivity contribution is -0.131. The van der Waals surface area contributed by atoms with E-state index in [-0.39, 0.29) is 4.90 Å². The number of hydrogen-bond donors (Lipinski definition) is 0. The summed E-state index contributed by atoms with van der Waals surface area (Å²) >= 11 is 3.05. The van der Waals surface area contributed by atoms with Gasteiger partial charge in [-0.2, -0.15) is 8.42 Å². The molecule has 1 heterocycles. The Morgan fingerprint density at radius 2 is 2.14 bits per heavy atom. The van der Waals surface area contributed by atoms with E-state index >= 15 is 0 Å². The molecule has 0 atom stereocenters. The summed E-state index contributed by atoms with van der Waals surface area (Å²) < 4.78 is 27.2. The molecule has 0 aliphatic heterocycles. The summed E-state index contributed by atoms with van der Waals surface area (Å²) in [6.07, 6.45) is 1.10. The van der Waals surface area contributed by atoms with Crippen molar-refractivity contribution in [1.82, 2.24) is 4.98 Å². The van der Waals surface area contributed by atoms with Gasteiger partial charge in [-0.25, -0.2) is 4.98 Å². The molecular formula is C7H6BrNO4S. The van der Waals surface area contributed by atoms with Crippen molar-refractivity contribution in [2.24, 2.45) is 0 Å². The average molecular weight is 280 g/mol. The molecule has 76 valence electrons. The van der Waals surface area contributed by atoms with Crippen molar-refractivity contribution >= 4 is 32.0 Å². The van der Waals surface area contributed by atoms with Gasteiger partial charge in [0.25, 0.3) is 0 Å². The molecule has 0 saturated heterocycles. The minimum atomic E-state index is -4.01. The van der Waals surface area contributed by atoms with Crippen LogP contribution in [0.3, 0.4) is 0 Å². The smallest absolute Gasteiger partial charge is 0.343 e. The fourth-order valence-electron chi connectivity index (χ4n) is 0.713. The van der Waals surface area contributed by atoms with Gasteiger partial charge in [-0.05, 0) is 28.1 Å². The molecule has 1 aromatic rings. The van der Waals surface area contributed by atoms with Crippen LogP contribution < -0.4 is 0 Å². The lowest BCUT2D eigenvalue weighted by atomic mass is 10.5. The highest BCUT2D eigenvalue weighted by atomic mass is 79.9. The van der Waals surface area contributed by atoms with Gasteiger partial charge < -0.3 is 4.18 Å². The van der Waals surface area contributed by atoms with Crippen molar-refractivity contribution in [2.75, 3.05) is 0 Å². The van der Waals surface area contributed by atoms with Gasteiger partial charge in [0.05, 0.1) is 6.20 Å². The highest BCUT2D eigenvalue weighted by molar-refractivity contribution is 9.10. The summed E-state index contributed by atoms with van der Waals surface area (Å²) in [6, 6.07) is 2.73. The molecule has 0 N–H and O–H groups in total. The van der Waals surface area contributed by atoms with Crippen LogP contribution in [0.2, 0.25) is 0 Å². The number of hydrogen-bond acceptors (Lipinski definition) is 5. The van der Waals surface area contributed by atoms with Gasteiger partial charge in [-0.1, -0.05) is 0 Å². The molecule has 0 fully saturated rings. The molecule has 1 rings (SSSR count). The highest BCUT2D eigenvalue weighted by Gasteiger charge is 2.17. The Morgan fingerprint density at radius 1 is 1.50 bits per heavy atom. The number of rotatable bonds is 2. The molecule has 0 amide bonds. The lowest BCUT2D eigenvalue weighted by Gasteiger charge is -2.01. The zero-order valence-electron chi connectivity index (χ0n) is 7.10. The first-order valence-electron chi connectivity index (χ1n) is 3.48. The normalized spacial score (nSPS) is 11.0. The van der Waals surface area contributed by atoms with E-state index < -0.39 is 16.1 Å². The van der Waals surface area contributed by atoms with Crippen molar-refractivity contribution in [3.05, 3.63) is 22.9 Å². The fourth-order valence-corrected chi connectivity index (χ4v) is 1.77. The zero-order valence-corrected chi connectivity index (χ0v) is 9.50. The molecule has 0 unspecified atom stereocenters. The van der Waals surface area contributed by atoms with Gasteiger partial charge >= 0.3 is 16.1 Å². The van der Waals surface area contributed by atoms with Crippen molar-refractivity contribution in [3.8, 4) is 0 Å². The first-order chi connectivity index (χ1) is 6.42. The van der Waals surface area contributed by atoms with E-state index in [4.69, 9.17) is 0 Å². The lowest BCUT2D eigenvalue weighted by Crippen LogP contribution is -2.10. The van der Waals surface area contributed by atoms with Gasteiger partial charge in [0, 0.05) is 6.92 Å². The summed E-state index contributed by atoms with van der Waals surface area (Å²) in [4.78, 5) is 14.0. The van der Waals surface area contributed by atoms with Gasteiger partial charge in [-0.15, -0.1) is 0 Å². The molecule has 0 bridgehead atoms. The first-order valence-corrected chi connectivity index (χ1v) is 5.68. The third-order valence-corrected chi connectivity index (χ3v) is 2.96. The van der Waals surface area contributed by atoms with E-state index in [2.05, 4.69) is 25.1 Å². The van der Waals surface area contributed by atoms with E-state index in [0.717, 1.165) is 13.1 Å². The molecule has 0 radical (unpaired) electrons. The molecule has 0 aliphatic carbocycles. The fraction of sp³-hybridized carbons (Fsp3) is 0.143. The highest BCUT2D eigenvalue weighted by Crippen LogP contribution is 2.13. The quantitative estimate of drug-likeness (QED) is 0.599. The molecule has 14 heavy (non-hydrogen) atoms. The van der Waals surface area contributed by atoms with E-state index in [0.29, 0.717) is 4.60 Å². The van der Waals surface area contributed by atoms with E-state index in [1.165, 1.54) is 12.1 Å². The van der Waals surface area contributed by atoms with Crippen LogP contribution in [-0.4, -0.2) is 19.4 Å². The standard InChI is InChI=1S/C7H6BrNO4S/c1-5(10)13-14(11,12)6-2-3-7(8)9-4-6/h2-4H,1H3. The number of nitrogens with zero attached hydrogens (tertiary/aromatic N) is 1. The van der Waals surface area contributed by atoms with Crippen LogP contribution in [-0.2, 0) is 19.1 Å². The summed E-state index contributed by atoms with van der Waals surface area (Å²) in [5.74, 6) is -0.882. The zero-order chi connectivity index (χ0) is 10.8. The molecular weight excluding hydrogens is 274 g/mol. The van der Waals surface area contributed by atoms with Crippen LogP contribution in [0, 0.1) is 0 Å². The minimum Gasteiger partial charge on any atom is -0.343 e. The molecule has 0 spiro atoms. The van der Waals surface area contributed by atoms with Crippen LogP contribution in [0.25, 0.3) is 0 Å². The predicted octanol–water partition coefficient (Wildman–Crippen LogP) is 1.10. The van der Waals surface area contributed by atoms with Gasteiger partial charge in [0.2, 0.25) is 0 Å². The van der Waals surface area contributed by atoms with Crippen LogP contribution >= 0.6 is 15.9 Å². The number of aromatic nitrogens is 1. The van der Waals surface area contributed by atoms with Gasteiger partial charge in [0.1, 0.15) is 9.50 Å². The molecule has 5 nitrogen and oxygen atoms in total. The molecule has 0 aromatic carbocycles. The maximum atomic E-state index is 11.3. The molecule has 7 heteroatoms. The second-order valence-corrected chi connectivity index (χ2v) is 4.70. The number of pyridine rings is 1. The summed E-state index contributed by atoms with van der Waals surface area (Å²) in [7, 11) is -4.01. The summed E-state index contributed by atoms with van der Waals surface area (Å²) in [5.41, 5.74) is 0. The molecule has 1 aromatic heterocycles. The second-order valence-electron chi connectivity index (χ2n) is 2.35. The Kier molecular flexibility index (Phi) is 3.22. The Hall–Kier alpha value is -0.950. The molecule has 0 saturated carbocycles. The van der Waals surface area contributed by atoms with Crippen molar-refractivity contribution in [3.63, 3.8) is 0 Å². The van der Waals surface area contributed by atoms with Crippen LogP contribution in [0.5, 0.6) is 0 Å². The van der Waals surface area contributed by atoms with E-state index in [9.17, 15) is 13.2 Å². The third-order valence-electron chi connectivity index (χ3n) is 1.22. The first kappa shape index (κ1) is 11.1. The predicted molar refractivity (Wildman–Crippen MR) is 50.9 cm³/mol. The maximum absolute atomic E-state index is 11.3. The average Bonchev–Trinajstić information content (AvgIpc) is 2.02. The number of carbonyl (C=O) groups excluding carboxylic acids is 1.